The van der Waals surface area contributed by atoms with E-state index in [4.69, 9.17) is 35.2 Å². The molecule has 0 fully saturated rings. The van der Waals surface area contributed by atoms with Crippen LogP contribution in [0.25, 0.3) is 33.5 Å². The Morgan fingerprint density at radius 3 is 2.51 bits per heavy atom. The minimum atomic E-state index is -0.332. The lowest BCUT2D eigenvalue weighted by Gasteiger charge is -2.12. The quantitative estimate of drug-likeness (QED) is 0.186. The maximum absolute atomic E-state index is 13.6. The van der Waals surface area contributed by atoms with Gasteiger partial charge in [-0.25, -0.2) is 4.98 Å². The van der Waals surface area contributed by atoms with Gasteiger partial charge in [0.05, 0.1) is 36.7 Å². The van der Waals surface area contributed by atoms with Crippen LogP contribution in [0.3, 0.4) is 0 Å². The van der Waals surface area contributed by atoms with E-state index in [0.29, 0.717) is 50.1 Å². The summed E-state index contributed by atoms with van der Waals surface area (Å²) >= 11 is 6.26. The van der Waals surface area contributed by atoms with E-state index in [9.17, 15) is 4.79 Å². The van der Waals surface area contributed by atoms with E-state index in [-0.39, 0.29) is 18.0 Å². The van der Waals surface area contributed by atoms with Crippen LogP contribution in [0.15, 0.2) is 105 Å². The number of hydrogen-bond acceptors (Lipinski definition) is 7. The van der Waals surface area contributed by atoms with Crippen LogP contribution in [-0.2, 0) is 6.61 Å². The van der Waals surface area contributed by atoms with Gasteiger partial charge in [0, 0.05) is 10.6 Å². The molecule has 204 valence electrons. The number of halogens is 1. The Bertz CT molecular complexity index is 1980. The summed E-state index contributed by atoms with van der Waals surface area (Å²) in [6, 6.07) is 27.3. The summed E-state index contributed by atoms with van der Waals surface area (Å²) in [6.07, 6.45) is 1.56. The number of ether oxygens (including phenoxy) is 3. The number of fused-ring (bicyclic) bond motifs is 2. The molecule has 2 heterocycles. The van der Waals surface area contributed by atoms with Crippen molar-refractivity contribution in [3.63, 3.8) is 0 Å². The van der Waals surface area contributed by atoms with Crippen LogP contribution in [0.4, 0.5) is 0 Å². The van der Waals surface area contributed by atoms with Crippen molar-refractivity contribution in [3.05, 3.63) is 117 Å². The lowest BCUT2D eigenvalue weighted by molar-refractivity contribution is 0.284. The SMILES string of the molecule is COc1cc(C=Nn2c(-c3cc4c(OC)cccc4o3)nc3ccccc3c2=O)ccc1OCc1ccccc1Cl. The van der Waals surface area contributed by atoms with Gasteiger partial charge >= 0.3 is 0 Å². The van der Waals surface area contributed by atoms with E-state index in [1.807, 2.05) is 54.6 Å². The lowest BCUT2D eigenvalue weighted by Crippen LogP contribution is -2.20. The molecule has 0 saturated heterocycles. The van der Waals surface area contributed by atoms with Crippen LogP contribution in [-0.4, -0.2) is 30.1 Å². The molecule has 0 aliphatic rings. The first kappa shape index (κ1) is 26.2. The van der Waals surface area contributed by atoms with Gasteiger partial charge in [-0.1, -0.05) is 48.0 Å². The Hall–Kier alpha value is -5.08. The van der Waals surface area contributed by atoms with Crippen molar-refractivity contribution in [2.24, 2.45) is 5.10 Å². The highest BCUT2D eigenvalue weighted by Crippen LogP contribution is 2.33. The molecule has 0 atom stereocenters. The Labute approximate surface area is 240 Å². The van der Waals surface area contributed by atoms with Gasteiger partial charge in [0.1, 0.15) is 17.9 Å². The Balaban J connectivity index is 1.38. The highest BCUT2D eigenvalue weighted by atomic mass is 35.5. The van der Waals surface area contributed by atoms with Crippen molar-refractivity contribution in [3.8, 4) is 28.8 Å². The predicted molar refractivity (Wildman–Crippen MR) is 160 cm³/mol. The van der Waals surface area contributed by atoms with Gasteiger partial charge in [-0.3, -0.25) is 4.79 Å². The van der Waals surface area contributed by atoms with Crippen molar-refractivity contribution in [2.75, 3.05) is 14.2 Å². The number of para-hydroxylation sites is 1. The van der Waals surface area contributed by atoms with E-state index in [2.05, 4.69) is 5.10 Å². The molecule has 0 radical (unpaired) electrons. The van der Waals surface area contributed by atoms with Gasteiger partial charge in [-0.05, 0) is 60.2 Å². The summed E-state index contributed by atoms with van der Waals surface area (Å²) in [6.45, 7) is 0.285. The summed E-state index contributed by atoms with van der Waals surface area (Å²) < 4.78 is 24.3. The zero-order valence-electron chi connectivity index (χ0n) is 22.2. The minimum absolute atomic E-state index is 0.259. The fourth-order valence-electron chi connectivity index (χ4n) is 4.49. The molecule has 0 amide bonds. The molecule has 0 spiro atoms. The number of rotatable bonds is 8. The van der Waals surface area contributed by atoms with Crippen molar-refractivity contribution < 1.29 is 18.6 Å². The van der Waals surface area contributed by atoms with E-state index in [0.717, 1.165) is 10.9 Å². The second-order valence-electron chi connectivity index (χ2n) is 9.09. The van der Waals surface area contributed by atoms with Gasteiger partial charge in [0.25, 0.3) is 5.56 Å². The van der Waals surface area contributed by atoms with Crippen LogP contribution >= 0.6 is 11.6 Å². The monoisotopic (exact) mass is 565 g/mol. The summed E-state index contributed by atoms with van der Waals surface area (Å²) in [5.41, 5.74) is 2.35. The number of methoxy groups -OCH3 is 2. The first-order valence-electron chi connectivity index (χ1n) is 12.7. The first-order chi connectivity index (χ1) is 20.1. The van der Waals surface area contributed by atoms with Crippen LogP contribution in [0.1, 0.15) is 11.1 Å². The third kappa shape index (κ3) is 5.13. The van der Waals surface area contributed by atoms with Crippen molar-refractivity contribution in [1.82, 2.24) is 9.66 Å². The Kier molecular flexibility index (Phi) is 7.14. The lowest BCUT2D eigenvalue weighted by atomic mass is 10.2. The molecule has 2 aromatic heterocycles. The highest BCUT2D eigenvalue weighted by molar-refractivity contribution is 6.31. The van der Waals surface area contributed by atoms with Crippen molar-refractivity contribution in [1.29, 1.82) is 0 Å². The zero-order chi connectivity index (χ0) is 28.3. The average Bonchev–Trinajstić information content (AvgIpc) is 3.45. The number of nitrogens with zero attached hydrogens (tertiary/aromatic N) is 3. The smallest absolute Gasteiger partial charge is 0.282 e. The number of aromatic nitrogens is 2. The molecule has 0 aliphatic carbocycles. The summed E-state index contributed by atoms with van der Waals surface area (Å²) in [5, 5.41) is 6.36. The molecule has 0 bridgehead atoms. The van der Waals surface area contributed by atoms with Gasteiger partial charge in [-0.15, -0.1) is 0 Å². The molecule has 9 heteroatoms. The number of furan rings is 1. The largest absolute Gasteiger partial charge is 0.496 e. The fraction of sp³-hybridized carbons (Fsp3) is 0.0938. The summed E-state index contributed by atoms with van der Waals surface area (Å²) in [5.74, 6) is 2.35. The van der Waals surface area contributed by atoms with Crippen LogP contribution < -0.4 is 19.8 Å². The molecule has 6 aromatic rings. The first-order valence-corrected chi connectivity index (χ1v) is 13.1. The molecule has 0 N–H and O–H groups in total. The van der Waals surface area contributed by atoms with Crippen molar-refractivity contribution in [2.45, 2.75) is 6.61 Å². The molecule has 0 saturated carbocycles. The molecule has 0 unspecified atom stereocenters. The topological polar surface area (TPSA) is 88.1 Å². The zero-order valence-corrected chi connectivity index (χ0v) is 23.0. The molecule has 4 aromatic carbocycles. The molecular weight excluding hydrogens is 542 g/mol. The molecule has 0 aliphatic heterocycles. The Morgan fingerprint density at radius 1 is 0.878 bits per heavy atom. The van der Waals surface area contributed by atoms with E-state index >= 15 is 0 Å². The second kappa shape index (κ2) is 11.2. The standard InChI is InChI=1S/C32H24ClN3O5/c1-38-26-12-7-13-27-23(26)17-30(41-27)31-35-25-11-6-4-9-22(25)32(37)36(31)34-18-20-14-15-28(29(16-20)39-2)40-19-21-8-3-5-10-24(21)33/h3-18H,19H2,1-2H3. The predicted octanol–water partition coefficient (Wildman–Crippen LogP) is 6.94. The van der Waals surface area contributed by atoms with E-state index < -0.39 is 0 Å². The third-order valence-electron chi connectivity index (χ3n) is 6.57. The summed E-state index contributed by atoms with van der Waals surface area (Å²) in [7, 11) is 3.15. The van der Waals surface area contributed by atoms with Gasteiger partial charge in [0.2, 0.25) is 5.82 Å². The van der Waals surface area contributed by atoms with Crippen molar-refractivity contribution >= 4 is 39.7 Å². The van der Waals surface area contributed by atoms with Crippen LogP contribution in [0.2, 0.25) is 5.02 Å². The molecule has 8 nitrogen and oxygen atoms in total. The van der Waals surface area contributed by atoms with Gasteiger partial charge < -0.3 is 18.6 Å². The third-order valence-corrected chi connectivity index (χ3v) is 6.94. The van der Waals surface area contributed by atoms with E-state index in [1.54, 1.807) is 56.8 Å². The fourth-order valence-corrected chi connectivity index (χ4v) is 4.68. The maximum atomic E-state index is 13.6. The van der Waals surface area contributed by atoms with Crippen LogP contribution in [0.5, 0.6) is 17.2 Å². The molecular formula is C32H24ClN3O5. The average molecular weight is 566 g/mol. The molecule has 41 heavy (non-hydrogen) atoms. The number of hydrogen-bond donors (Lipinski definition) is 0. The van der Waals surface area contributed by atoms with E-state index in [1.165, 1.54) is 4.68 Å². The van der Waals surface area contributed by atoms with Crippen LogP contribution in [0, 0.1) is 0 Å². The minimum Gasteiger partial charge on any atom is -0.496 e. The van der Waals surface area contributed by atoms with Gasteiger partial charge in [-0.2, -0.15) is 9.78 Å². The summed E-state index contributed by atoms with van der Waals surface area (Å²) in [4.78, 5) is 18.3. The normalized spacial score (nSPS) is 11.4. The Morgan fingerprint density at radius 2 is 1.68 bits per heavy atom. The highest BCUT2D eigenvalue weighted by Gasteiger charge is 2.18. The molecule has 6 rings (SSSR count). The maximum Gasteiger partial charge on any atom is 0.282 e. The second-order valence-corrected chi connectivity index (χ2v) is 9.49. The number of benzene rings is 4. The van der Waals surface area contributed by atoms with Gasteiger partial charge in [0.15, 0.2) is 17.3 Å².